The molecule has 1 unspecified atom stereocenters. The molecule has 1 aromatic carbocycles. The van der Waals surface area contributed by atoms with Gasteiger partial charge in [-0.3, -0.25) is 9.69 Å². The first-order valence-corrected chi connectivity index (χ1v) is 8.72. The molecular weight excluding hydrogens is 272 g/mol. The molecule has 2 saturated carbocycles. The van der Waals surface area contributed by atoms with Crippen molar-refractivity contribution in [2.24, 2.45) is 11.8 Å². The Hall–Kier alpha value is -1.35. The summed E-state index contributed by atoms with van der Waals surface area (Å²) in [6.07, 6.45) is 5.24. The lowest BCUT2D eigenvalue weighted by Crippen LogP contribution is -2.41. The molecule has 0 bridgehead atoms. The van der Waals surface area contributed by atoms with Gasteiger partial charge in [0.15, 0.2) is 0 Å². The van der Waals surface area contributed by atoms with E-state index in [1.54, 1.807) is 0 Å². The van der Waals surface area contributed by atoms with Gasteiger partial charge in [0.25, 0.3) is 0 Å². The number of amides is 1. The van der Waals surface area contributed by atoms with E-state index in [0.29, 0.717) is 18.5 Å². The molecule has 0 saturated heterocycles. The molecule has 2 aliphatic rings. The number of hydrogen-bond acceptors (Lipinski definition) is 2. The Kier molecular flexibility index (Phi) is 4.82. The normalized spacial score (nSPS) is 19.5. The van der Waals surface area contributed by atoms with Gasteiger partial charge in [0.1, 0.15) is 0 Å². The molecule has 22 heavy (non-hydrogen) atoms. The van der Waals surface area contributed by atoms with Crippen LogP contribution in [0.1, 0.15) is 51.1 Å². The van der Waals surface area contributed by atoms with Crippen LogP contribution in [0.3, 0.4) is 0 Å². The van der Waals surface area contributed by atoms with E-state index >= 15 is 0 Å². The molecule has 0 aliphatic heterocycles. The third-order valence-electron chi connectivity index (χ3n) is 4.74. The van der Waals surface area contributed by atoms with E-state index in [2.05, 4.69) is 36.2 Å². The monoisotopic (exact) mass is 300 g/mol. The number of nitrogens with zero attached hydrogens (tertiary/aromatic N) is 1. The van der Waals surface area contributed by atoms with Crippen LogP contribution < -0.4 is 5.32 Å². The van der Waals surface area contributed by atoms with Crippen LogP contribution in [-0.2, 0) is 4.79 Å². The van der Waals surface area contributed by atoms with Crippen molar-refractivity contribution in [3.05, 3.63) is 35.9 Å². The highest BCUT2D eigenvalue weighted by atomic mass is 16.2. The summed E-state index contributed by atoms with van der Waals surface area (Å²) in [5.41, 5.74) is 1.20. The van der Waals surface area contributed by atoms with Gasteiger partial charge in [0, 0.05) is 12.6 Å². The summed E-state index contributed by atoms with van der Waals surface area (Å²) in [5, 5.41) is 3.26. The summed E-state index contributed by atoms with van der Waals surface area (Å²) in [7, 11) is 0. The number of nitrogens with one attached hydrogen (secondary N) is 1. The number of benzene rings is 1. The maximum atomic E-state index is 12.5. The van der Waals surface area contributed by atoms with E-state index < -0.39 is 0 Å². The first kappa shape index (κ1) is 15.5. The first-order chi connectivity index (χ1) is 10.6. The second-order valence-corrected chi connectivity index (χ2v) is 7.30. The van der Waals surface area contributed by atoms with Gasteiger partial charge in [-0.2, -0.15) is 0 Å². The SMILES string of the molecule is CC(C)C(NC(=O)CN(CC1CC1)C1CC1)c1ccccc1. The van der Waals surface area contributed by atoms with Crippen molar-refractivity contribution in [3.8, 4) is 0 Å². The maximum absolute atomic E-state index is 12.5. The lowest BCUT2D eigenvalue weighted by molar-refractivity contribution is -0.123. The predicted octanol–water partition coefficient (Wildman–Crippen LogP) is 3.37. The van der Waals surface area contributed by atoms with Gasteiger partial charge in [-0.05, 0) is 43.1 Å². The molecule has 0 radical (unpaired) electrons. The zero-order valence-corrected chi connectivity index (χ0v) is 13.8. The zero-order valence-electron chi connectivity index (χ0n) is 13.8. The molecule has 2 aliphatic carbocycles. The van der Waals surface area contributed by atoms with Gasteiger partial charge in [-0.1, -0.05) is 44.2 Å². The van der Waals surface area contributed by atoms with E-state index in [0.717, 1.165) is 12.5 Å². The zero-order chi connectivity index (χ0) is 15.5. The summed E-state index contributed by atoms with van der Waals surface area (Å²) < 4.78 is 0. The lowest BCUT2D eigenvalue weighted by Gasteiger charge is -2.26. The molecule has 0 heterocycles. The van der Waals surface area contributed by atoms with Gasteiger partial charge in [-0.15, -0.1) is 0 Å². The summed E-state index contributed by atoms with van der Waals surface area (Å²) in [5.74, 6) is 1.42. The lowest BCUT2D eigenvalue weighted by atomic mass is 9.96. The topological polar surface area (TPSA) is 32.3 Å². The molecule has 0 spiro atoms. The molecule has 2 fully saturated rings. The van der Waals surface area contributed by atoms with Crippen LogP contribution in [0.2, 0.25) is 0 Å². The van der Waals surface area contributed by atoms with E-state index in [1.165, 1.54) is 31.2 Å². The van der Waals surface area contributed by atoms with Crippen LogP contribution >= 0.6 is 0 Å². The highest BCUT2D eigenvalue weighted by Gasteiger charge is 2.34. The summed E-state index contributed by atoms with van der Waals surface area (Å²) in [6, 6.07) is 11.1. The minimum Gasteiger partial charge on any atom is -0.348 e. The van der Waals surface area contributed by atoms with Crippen molar-refractivity contribution in [1.82, 2.24) is 10.2 Å². The number of rotatable bonds is 8. The molecule has 3 heteroatoms. The highest BCUT2D eigenvalue weighted by molar-refractivity contribution is 5.78. The second-order valence-electron chi connectivity index (χ2n) is 7.30. The van der Waals surface area contributed by atoms with Crippen LogP contribution in [0.25, 0.3) is 0 Å². The Morgan fingerprint density at radius 3 is 2.41 bits per heavy atom. The minimum absolute atomic E-state index is 0.107. The number of carbonyl (C=O) groups is 1. The average Bonchev–Trinajstić information content (AvgIpc) is 3.37. The Bertz CT molecular complexity index is 491. The highest BCUT2D eigenvalue weighted by Crippen LogP contribution is 2.34. The van der Waals surface area contributed by atoms with Gasteiger partial charge >= 0.3 is 0 Å². The fourth-order valence-corrected chi connectivity index (χ4v) is 3.11. The van der Waals surface area contributed by atoms with Gasteiger partial charge in [-0.25, -0.2) is 0 Å². The Labute approximate surface area is 134 Å². The third kappa shape index (κ3) is 4.33. The Morgan fingerprint density at radius 1 is 1.18 bits per heavy atom. The number of carbonyl (C=O) groups excluding carboxylic acids is 1. The largest absolute Gasteiger partial charge is 0.348 e. The van der Waals surface area contributed by atoms with E-state index in [4.69, 9.17) is 0 Å². The second kappa shape index (κ2) is 6.82. The fraction of sp³-hybridized carbons (Fsp3) is 0.632. The van der Waals surface area contributed by atoms with E-state index in [9.17, 15) is 4.79 Å². The summed E-state index contributed by atoms with van der Waals surface area (Å²) >= 11 is 0. The standard InChI is InChI=1S/C19H28N2O/c1-14(2)19(16-6-4-3-5-7-16)20-18(22)13-21(17-10-11-17)12-15-8-9-15/h3-7,14-15,17,19H,8-13H2,1-2H3,(H,20,22). The van der Waals surface area contributed by atoms with Crippen molar-refractivity contribution >= 4 is 5.91 Å². The van der Waals surface area contributed by atoms with Crippen LogP contribution in [0.5, 0.6) is 0 Å². The molecule has 1 amide bonds. The van der Waals surface area contributed by atoms with Crippen molar-refractivity contribution in [1.29, 1.82) is 0 Å². The van der Waals surface area contributed by atoms with Crippen LogP contribution in [-0.4, -0.2) is 29.9 Å². The van der Waals surface area contributed by atoms with Gasteiger partial charge in [0.2, 0.25) is 5.91 Å². The average molecular weight is 300 g/mol. The minimum atomic E-state index is 0.107. The van der Waals surface area contributed by atoms with Gasteiger partial charge in [0.05, 0.1) is 12.6 Å². The fourth-order valence-electron chi connectivity index (χ4n) is 3.11. The number of hydrogen-bond donors (Lipinski definition) is 1. The Balaban J connectivity index is 1.58. The maximum Gasteiger partial charge on any atom is 0.234 e. The Morgan fingerprint density at radius 2 is 1.86 bits per heavy atom. The quantitative estimate of drug-likeness (QED) is 0.798. The molecule has 1 atom stereocenters. The summed E-state index contributed by atoms with van der Waals surface area (Å²) in [6.45, 7) is 6.02. The van der Waals surface area contributed by atoms with Crippen molar-refractivity contribution in [2.45, 2.75) is 51.6 Å². The van der Waals surface area contributed by atoms with E-state index in [-0.39, 0.29) is 11.9 Å². The molecule has 3 rings (SSSR count). The molecule has 1 aromatic rings. The molecule has 0 aromatic heterocycles. The van der Waals surface area contributed by atoms with Crippen LogP contribution in [0, 0.1) is 11.8 Å². The van der Waals surface area contributed by atoms with Crippen molar-refractivity contribution in [3.63, 3.8) is 0 Å². The van der Waals surface area contributed by atoms with E-state index in [1.807, 2.05) is 18.2 Å². The van der Waals surface area contributed by atoms with Crippen LogP contribution in [0.15, 0.2) is 30.3 Å². The predicted molar refractivity (Wildman–Crippen MR) is 89.5 cm³/mol. The molecule has 3 nitrogen and oxygen atoms in total. The molecule has 1 N–H and O–H groups in total. The summed E-state index contributed by atoms with van der Waals surface area (Å²) in [4.78, 5) is 14.9. The van der Waals surface area contributed by atoms with Crippen molar-refractivity contribution in [2.75, 3.05) is 13.1 Å². The third-order valence-corrected chi connectivity index (χ3v) is 4.74. The van der Waals surface area contributed by atoms with Gasteiger partial charge < -0.3 is 5.32 Å². The molecule has 120 valence electrons. The smallest absolute Gasteiger partial charge is 0.234 e. The molecular formula is C19H28N2O. The van der Waals surface area contributed by atoms with Crippen molar-refractivity contribution < 1.29 is 4.79 Å². The first-order valence-electron chi connectivity index (χ1n) is 8.72. The van der Waals surface area contributed by atoms with Crippen LogP contribution in [0.4, 0.5) is 0 Å².